The van der Waals surface area contributed by atoms with E-state index in [4.69, 9.17) is 18.9 Å². The minimum absolute atomic E-state index is 0. The number of fused-ring (bicyclic) bond motifs is 3. The summed E-state index contributed by atoms with van der Waals surface area (Å²) >= 11 is 0. The summed E-state index contributed by atoms with van der Waals surface area (Å²) in [4.78, 5) is 75.3. The van der Waals surface area contributed by atoms with Crippen LogP contribution in [0.25, 0.3) is 65.7 Å². The normalized spacial score (nSPS) is 11.9. The van der Waals surface area contributed by atoms with E-state index < -0.39 is 36.2 Å². The topological polar surface area (TPSA) is 225 Å². The molecular formula is C66H70LiN3O13. The van der Waals surface area contributed by atoms with Crippen molar-refractivity contribution in [2.24, 2.45) is 21.1 Å². The molecule has 6 aromatic carbocycles. The van der Waals surface area contributed by atoms with Crippen LogP contribution in [0.5, 0.6) is 0 Å². The summed E-state index contributed by atoms with van der Waals surface area (Å²) in [6.07, 6.45) is -3.78. The van der Waals surface area contributed by atoms with Crippen molar-refractivity contribution >= 4 is 50.2 Å². The van der Waals surface area contributed by atoms with Gasteiger partial charge in [-0.05, 0) is 123 Å². The quantitative estimate of drug-likeness (QED) is 0.0828. The van der Waals surface area contributed by atoms with E-state index >= 15 is 0 Å². The zero-order valence-corrected chi connectivity index (χ0v) is 49.5. The number of carboxylic acids is 1. The first kappa shape index (κ1) is 65.6. The molecule has 0 radical (unpaired) electrons. The summed E-state index contributed by atoms with van der Waals surface area (Å²) in [7, 11) is 7.37. The Balaban J connectivity index is 0.000000225. The van der Waals surface area contributed by atoms with Gasteiger partial charge in [0.2, 0.25) is 0 Å². The van der Waals surface area contributed by atoms with Crippen LogP contribution in [0.4, 0.5) is 0 Å². The summed E-state index contributed by atoms with van der Waals surface area (Å²) in [6, 6.07) is 40.1. The molecule has 0 fully saturated rings. The number of aromatic nitrogens is 3. The van der Waals surface area contributed by atoms with Crippen LogP contribution < -0.4 is 35.5 Å². The first-order chi connectivity index (χ1) is 38.6. The van der Waals surface area contributed by atoms with Crippen LogP contribution in [0, 0.1) is 41.5 Å². The Morgan fingerprint density at radius 1 is 0.458 bits per heavy atom. The number of benzene rings is 6. The summed E-state index contributed by atoms with van der Waals surface area (Å²) in [5.41, 5.74) is 11.8. The molecule has 0 aliphatic rings. The molecule has 83 heavy (non-hydrogen) atoms. The van der Waals surface area contributed by atoms with E-state index in [-0.39, 0.29) is 53.3 Å². The molecule has 0 amide bonds. The van der Waals surface area contributed by atoms with E-state index in [1.54, 1.807) is 46.3 Å². The number of aryl methyl sites for hydroxylation is 6. The summed E-state index contributed by atoms with van der Waals surface area (Å²) in [5.74, 6) is -2.45. The van der Waals surface area contributed by atoms with Crippen molar-refractivity contribution in [1.29, 1.82) is 0 Å². The Bertz CT molecular complexity index is 4090. The van der Waals surface area contributed by atoms with Crippen molar-refractivity contribution in [3.05, 3.63) is 209 Å². The third-order valence-corrected chi connectivity index (χ3v) is 14.5. The van der Waals surface area contributed by atoms with Gasteiger partial charge in [-0.25, -0.2) is 14.4 Å². The van der Waals surface area contributed by atoms with Crippen LogP contribution in [0.15, 0.2) is 142 Å². The fraction of sp³-hybridized carbons (Fsp3) is 0.273. The number of carbonyl (C=O) groups is 3. The van der Waals surface area contributed by atoms with Gasteiger partial charge in [0.15, 0.2) is 18.3 Å². The molecule has 3 unspecified atom stereocenters. The molecule has 0 saturated carbocycles. The second-order valence-electron chi connectivity index (χ2n) is 19.9. The molecule has 3 atom stereocenters. The van der Waals surface area contributed by atoms with Gasteiger partial charge in [0.25, 0.3) is 16.7 Å². The molecule has 3 heterocycles. The van der Waals surface area contributed by atoms with Gasteiger partial charge < -0.3 is 48.3 Å². The minimum Gasteiger partial charge on any atom is -0.870 e. The number of hydrogen-bond donors (Lipinski definition) is 2. The number of methoxy groups -OCH3 is 2. The van der Waals surface area contributed by atoms with Gasteiger partial charge in [-0.15, -0.1) is 0 Å². The second kappa shape index (κ2) is 28.2. The van der Waals surface area contributed by atoms with Crippen molar-refractivity contribution in [1.82, 2.24) is 13.7 Å². The van der Waals surface area contributed by atoms with Gasteiger partial charge in [0.1, 0.15) is 0 Å². The number of esters is 2. The van der Waals surface area contributed by atoms with Crippen LogP contribution in [0.1, 0.15) is 82.6 Å². The maximum absolute atomic E-state index is 13.0. The van der Waals surface area contributed by atoms with Gasteiger partial charge in [0.05, 0.1) is 31.3 Å². The molecule has 428 valence electrons. The van der Waals surface area contributed by atoms with Gasteiger partial charge in [-0.3, -0.25) is 14.4 Å². The number of carboxylic acid groups (broad SMARTS) is 1. The zero-order chi connectivity index (χ0) is 59.1. The SMILES string of the molecule is CCOC(C(=O)O)c1c(-c2ccc(C)cc2C)c2ccccc2c(=O)n1C.CCOC(C(=O)OC)c1c(-c2ccc(C)cc2C)c2ccccc2c(=O)n1C.COC(=O)C(O)c1c(-c2ccc(C)cc2C)c2ccccc2c(=O)n1C.[Li+].[OH-]. The van der Waals surface area contributed by atoms with Crippen LogP contribution in [-0.2, 0) is 54.5 Å². The molecule has 3 N–H and O–H groups in total. The number of nitrogens with zero attached hydrogens (tertiary/aromatic N) is 3. The molecule has 0 spiro atoms. The van der Waals surface area contributed by atoms with Gasteiger partial charge in [0, 0.05) is 67.2 Å². The van der Waals surface area contributed by atoms with E-state index in [0.717, 1.165) is 72.0 Å². The van der Waals surface area contributed by atoms with E-state index in [2.05, 4.69) is 12.1 Å². The average molecular weight is 1120 g/mol. The number of aliphatic carboxylic acids is 1. The van der Waals surface area contributed by atoms with Crippen LogP contribution in [0.2, 0.25) is 0 Å². The zero-order valence-electron chi connectivity index (χ0n) is 49.5. The summed E-state index contributed by atoms with van der Waals surface area (Å²) in [6.45, 7) is 16.1. The number of pyridine rings is 3. The van der Waals surface area contributed by atoms with Crippen molar-refractivity contribution in [2.75, 3.05) is 27.4 Å². The molecule has 9 rings (SSSR count). The molecule has 9 aromatic rings. The molecule has 0 bridgehead atoms. The Morgan fingerprint density at radius 2 is 0.747 bits per heavy atom. The number of hydrogen-bond acceptors (Lipinski definition) is 12. The standard InChI is InChI=1S/C23H25NO4.C22H23NO4.C21H21NO4.Li.H2O/c1-6-28-21(23(26)27-5)20-19(16-12-11-14(2)13-15(16)3)17-9-7-8-10-18(17)22(25)24(20)4;1-5-27-20(22(25)26)19-18(15-11-10-13(2)12-14(15)3)16-8-6-7-9-17(16)21(24)23(19)4;1-12-9-10-14(13(2)11-12)17-15-7-5-6-8-16(15)20(24)22(3)18(17)19(23)21(25)26-4;;/h7-13,21H,6H2,1-5H3;6-12,20H,5H2,1-4H3,(H,25,26);5-11,19,23H,1-4H3;;1H2/q;;;+1;/p-1. The van der Waals surface area contributed by atoms with Crippen molar-refractivity contribution in [2.45, 2.75) is 73.7 Å². The number of aliphatic hydroxyl groups excluding tert-OH is 1. The Morgan fingerprint density at radius 3 is 1.05 bits per heavy atom. The Hall–Kier alpha value is -8.20. The average Bonchev–Trinajstić information content (AvgIpc) is 1.65. The van der Waals surface area contributed by atoms with Gasteiger partial charge >= 0.3 is 36.8 Å². The Kier molecular flexibility index (Phi) is 22.3. The largest absolute Gasteiger partial charge is 1.00 e. The van der Waals surface area contributed by atoms with Crippen molar-refractivity contribution < 1.29 is 67.9 Å². The van der Waals surface area contributed by atoms with E-state index in [0.29, 0.717) is 45.1 Å². The Labute approximate surface area is 494 Å². The van der Waals surface area contributed by atoms with Gasteiger partial charge in [-0.1, -0.05) is 126 Å². The summed E-state index contributed by atoms with van der Waals surface area (Å²) in [5, 5.41) is 24.3. The summed E-state index contributed by atoms with van der Waals surface area (Å²) < 4.78 is 25.2. The number of ether oxygens (including phenoxy) is 4. The number of rotatable bonds is 13. The van der Waals surface area contributed by atoms with Gasteiger partial charge in [-0.2, -0.15) is 0 Å². The predicted octanol–water partition coefficient (Wildman–Crippen LogP) is 7.91. The number of carbonyl (C=O) groups excluding carboxylic acids is 2. The van der Waals surface area contributed by atoms with E-state index in [1.807, 2.05) is 146 Å². The fourth-order valence-electron chi connectivity index (χ4n) is 10.7. The van der Waals surface area contributed by atoms with Crippen LogP contribution in [-0.4, -0.2) is 74.7 Å². The maximum atomic E-state index is 13.0. The first-order valence-electron chi connectivity index (χ1n) is 26.5. The second-order valence-corrected chi connectivity index (χ2v) is 19.9. The van der Waals surface area contributed by atoms with E-state index in [1.165, 1.54) is 27.9 Å². The van der Waals surface area contributed by atoms with Crippen molar-refractivity contribution in [3.63, 3.8) is 0 Å². The van der Waals surface area contributed by atoms with Crippen molar-refractivity contribution in [3.8, 4) is 33.4 Å². The maximum Gasteiger partial charge on any atom is 1.00 e. The third kappa shape index (κ3) is 13.2. The minimum atomic E-state index is -1.56. The van der Waals surface area contributed by atoms with E-state index in [9.17, 15) is 39.0 Å². The molecule has 0 aliphatic carbocycles. The fourth-order valence-corrected chi connectivity index (χ4v) is 10.7. The third-order valence-electron chi connectivity index (χ3n) is 14.5. The number of aliphatic hydroxyl groups is 1. The molecule has 0 saturated heterocycles. The molecule has 0 aliphatic heterocycles. The molecule has 17 heteroatoms. The molecule has 16 nitrogen and oxygen atoms in total. The molecular weight excluding hydrogens is 1050 g/mol. The predicted molar refractivity (Wildman–Crippen MR) is 320 cm³/mol. The molecule has 3 aromatic heterocycles. The van der Waals surface area contributed by atoms with Crippen LogP contribution >= 0.6 is 0 Å². The monoisotopic (exact) mass is 1120 g/mol. The van der Waals surface area contributed by atoms with Crippen LogP contribution in [0.3, 0.4) is 0 Å². The smallest absolute Gasteiger partial charge is 0.870 e. The first-order valence-corrected chi connectivity index (χ1v) is 26.5.